The van der Waals surface area contributed by atoms with Gasteiger partial charge in [-0.05, 0) is 42.4 Å². The van der Waals surface area contributed by atoms with Crippen LogP contribution < -0.4 is 10.1 Å². The van der Waals surface area contributed by atoms with Crippen LogP contribution >= 0.6 is 0 Å². The second-order valence-electron chi connectivity index (χ2n) is 5.76. The molecule has 18 heavy (non-hydrogen) atoms. The van der Waals surface area contributed by atoms with Crippen LogP contribution in [-0.2, 0) is 6.54 Å². The number of ether oxygens (including phenoxy) is 1. The van der Waals surface area contributed by atoms with Crippen molar-refractivity contribution >= 4 is 0 Å². The van der Waals surface area contributed by atoms with Gasteiger partial charge >= 0.3 is 0 Å². The van der Waals surface area contributed by atoms with Gasteiger partial charge in [0.15, 0.2) is 0 Å². The van der Waals surface area contributed by atoms with Crippen LogP contribution in [-0.4, -0.2) is 13.2 Å². The van der Waals surface area contributed by atoms with Crippen LogP contribution in [0.15, 0.2) is 24.3 Å². The minimum Gasteiger partial charge on any atom is -0.494 e. The molecule has 100 valence electrons. The van der Waals surface area contributed by atoms with Crippen molar-refractivity contribution in [3.63, 3.8) is 0 Å². The Morgan fingerprint density at radius 2 is 1.94 bits per heavy atom. The van der Waals surface area contributed by atoms with Crippen LogP contribution in [0, 0.1) is 5.41 Å². The molecular formula is C16H25NO. The van der Waals surface area contributed by atoms with Crippen molar-refractivity contribution in [3.05, 3.63) is 29.8 Å². The number of hydrogen-bond acceptors (Lipinski definition) is 2. The normalized spacial score (nSPS) is 16.6. The molecule has 0 bridgehead atoms. The highest BCUT2D eigenvalue weighted by Gasteiger charge is 2.36. The van der Waals surface area contributed by atoms with Crippen LogP contribution in [0.5, 0.6) is 5.75 Å². The molecule has 0 amide bonds. The molecule has 2 rings (SSSR count). The lowest BCUT2D eigenvalue weighted by Crippen LogP contribution is -2.21. The fourth-order valence-corrected chi connectivity index (χ4v) is 1.94. The van der Waals surface area contributed by atoms with E-state index in [-0.39, 0.29) is 0 Å². The molecular weight excluding hydrogens is 222 g/mol. The molecule has 2 heteroatoms. The average Bonchev–Trinajstić information content (AvgIpc) is 3.10. The molecule has 0 heterocycles. The first kappa shape index (κ1) is 13.4. The van der Waals surface area contributed by atoms with Gasteiger partial charge in [-0.1, -0.05) is 32.4 Å². The van der Waals surface area contributed by atoms with Crippen LogP contribution in [0.25, 0.3) is 0 Å². The molecule has 1 aliphatic carbocycles. The predicted molar refractivity (Wildman–Crippen MR) is 75.9 cm³/mol. The third-order valence-electron chi connectivity index (χ3n) is 3.67. The molecule has 0 atom stereocenters. The number of hydrogen-bond donors (Lipinski definition) is 1. The van der Waals surface area contributed by atoms with Gasteiger partial charge in [-0.2, -0.15) is 0 Å². The van der Waals surface area contributed by atoms with Gasteiger partial charge in [0, 0.05) is 13.1 Å². The Labute approximate surface area is 111 Å². The van der Waals surface area contributed by atoms with E-state index in [1.807, 2.05) is 0 Å². The second kappa shape index (κ2) is 6.24. The summed E-state index contributed by atoms with van der Waals surface area (Å²) in [5.74, 6) is 0.987. The van der Waals surface area contributed by atoms with Crippen molar-refractivity contribution in [2.45, 2.75) is 46.1 Å². The van der Waals surface area contributed by atoms with E-state index in [1.54, 1.807) is 0 Å². The maximum atomic E-state index is 5.65. The standard InChI is InChI=1S/C16H25NO/c1-3-4-11-18-15-7-5-14(6-8-15)12-17-13-16(2)9-10-16/h5-8,17H,3-4,9-13H2,1-2H3. The van der Waals surface area contributed by atoms with E-state index >= 15 is 0 Å². The van der Waals surface area contributed by atoms with Crippen LogP contribution in [0.2, 0.25) is 0 Å². The predicted octanol–water partition coefficient (Wildman–Crippen LogP) is 3.76. The number of unbranched alkanes of at least 4 members (excludes halogenated alkanes) is 1. The molecule has 1 aromatic rings. The Bertz CT molecular complexity index is 354. The quantitative estimate of drug-likeness (QED) is 0.706. The summed E-state index contributed by atoms with van der Waals surface area (Å²) >= 11 is 0. The Kier molecular flexibility index (Phi) is 4.65. The monoisotopic (exact) mass is 247 g/mol. The fraction of sp³-hybridized carbons (Fsp3) is 0.625. The van der Waals surface area contributed by atoms with Crippen LogP contribution in [0.1, 0.15) is 45.1 Å². The van der Waals surface area contributed by atoms with Gasteiger partial charge in [0.25, 0.3) is 0 Å². The summed E-state index contributed by atoms with van der Waals surface area (Å²) in [6, 6.07) is 8.46. The Morgan fingerprint density at radius 3 is 2.56 bits per heavy atom. The second-order valence-corrected chi connectivity index (χ2v) is 5.76. The van der Waals surface area contributed by atoms with E-state index in [4.69, 9.17) is 4.74 Å². The summed E-state index contributed by atoms with van der Waals surface area (Å²) in [5, 5.41) is 3.54. The highest BCUT2D eigenvalue weighted by atomic mass is 16.5. The molecule has 1 fully saturated rings. The maximum Gasteiger partial charge on any atom is 0.119 e. The van der Waals surface area contributed by atoms with Gasteiger partial charge in [0.2, 0.25) is 0 Å². The number of rotatable bonds is 8. The molecule has 1 aliphatic rings. The third kappa shape index (κ3) is 4.34. The number of benzene rings is 1. The van der Waals surface area contributed by atoms with Gasteiger partial charge in [-0.3, -0.25) is 0 Å². The van der Waals surface area contributed by atoms with E-state index in [0.717, 1.165) is 31.9 Å². The van der Waals surface area contributed by atoms with E-state index in [1.165, 1.54) is 24.8 Å². The van der Waals surface area contributed by atoms with E-state index in [0.29, 0.717) is 5.41 Å². The molecule has 0 spiro atoms. The maximum absolute atomic E-state index is 5.65. The van der Waals surface area contributed by atoms with Crippen LogP contribution in [0.3, 0.4) is 0 Å². The minimum absolute atomic E-state index is 0.587. The SMILES string of the molecule is CCCCOc1ccc(CNCC2(C)CC2)cc1. The first-order valence-corrected chi connectivity index (χ1v) is 7.14. The van der Waals surface area contributed by atoms with Gasteiger partial charge in [-0.25, -0.2) is 0 Å². The molecule has 2 nitrogen and oxygen atoms in total. The van der Waals surface area contributed by atoms with Crippen LogP contribution in [0.4, 0.5) is 0 Å². The topological polar surface area (TPSA) is 21.3 Å². The molecule has 0 aromatic heterocycles. The number of nitrogens with one attached hydrogen (secondary N) is 1. The fourth-order valence-electron chi connectivity index (χ4n) is 1.94. The van der Waals surface area contributed by atoms with E-state index in [9.17, 15) is 0 Å². The first-order valence-electron chi connectivity index (χ1n) is 7.14. The van der Waals surface area contributed by atoms with Crippen molar-refractivity contribution < 1.29 is 4.74 Å². The first-order chi connectivity index (χ1) is 8.72. The smallest absolute Gasteiger partial charge is 0.119 e. The van der Waals surface area contributed by atoms with Crippen molar-refractivity contribution in [2.24, 2.45) is 5.41 Å². The largest absolute Gasteiger partial charge is 0.494 e. The Hall–Kier alpha value is -1.02. The Morgan fingerprint density at radius 1 is 1.22 bits per heavy atom. The van der Waals surface area contributed by atoms with Crippen molar-refractivity contribution in [1.29, 1.82) is 0 Å². The molecule has 0 aliphatic heterocycles. The molecule has 0 radical (unpaired) electrons. The summed E-state index contributed by atoms with van der Waals surface area (Å²) < 4.78 is 5.65. The molecule has 1 saturated carbocycles. The van der Waals surface area contributed by atoms with E-state index in [2.05, 4.69) is 43.4 Å². The summed E-state index contributed by atoms with van der Waals surface area (Å²) in [7, 11) is 0. The lowest BCUT2D eigenvalue weighted by molar-refractivity contribution is 0.309. The van der Waals surface area contributed by atoms with Gasteiger partial charge < -0.3 is 10.1 Å². The van der Waals surface area contributed by atoms with Crippen molar-refractivity contribution in [1.82, 2.24) is 5.32 Å². The highest BCUT2D eigenvalue weighted by Crippen LogP contribution is 2.44. The summed E-state index contributed by atoms with van der Waals surface area (Å²) in [6.45, 7) is 7.46. The summed E-state index contributed by atoms with van der Waals surface area (Å²) in [6.07, 6.45) is 5.07. The minimum atomic E-state index is 0.587. The van der Waals surface area contributed by atoms with Gasteiger partial charge in [0.05, 0.1) is 6.61 Å². The zero-order valence-corrected chi connectivity index (χ0v) is 11.7. The molecule has 0 saturated heterocycles. The van der Waals surface area contributed by atoms with Gasteiger partial charge in [-0.15, -0.1) is 0 Å². The molecule has 1 aromatic carbocycles. The third-order valence-corrected chi connectivity index (χ3v) is 3.67. The highest BCUT2D eigenvalue weighted by molar-refractivity contribution is 5.27. The zero-order valence-electron chi connectivity index (χ0n) is 11.7. The zero-order chi connectivity index (χ0) is 12.8. The Balaban J connectivity index is 1.69. The summed E-state index contributed by atoms with van der Waals surface area (Å²) in [4.78, 5) is 0. The lowest BCUT2D eigenvalue weighted by atomic mass is 10.1. The summed E-state index contributed by atoms with van der Waals surface area (Å²) in [5.41, 5.74) is 1.92. The average molecular weight is 247 g/mol. The van der Waals surface area contributed by atoms with Crippen molar-refractivity contribution in [3.8, 4) is 5.75 Å². The van der Waals surface area contributed by atoms with Crippen molar-refractivity contribution in [2.75, 3.05) is 13.2 Å². The van der Waals surface area contributed by atoms with E-state index < -0.39 is 0 Å². The molecule has 0 unspecified atom stereocenters. The van der Waals surface area contributed by atoms with Gasteiger partial charge in [0.1, 0.15) is 5.75 Å². The lowest BCUT2D eigenvalue weighted by Gasteiger charge is -2.10. The molecule has 1 N–H and O–H groups in total.